The van der Waals surface area contributed by atoms with Gasteiger partial charge in [-0.3, -0.25) is 14.4 Å². The molecule has 0 unspecified atom stereocenters. The van der Waals surface area contributed by atoms with Crippen LogP contribution in [0, 0.1) is 11.6 Å². The van der Waals surface area contributed by atoms with E-state index in [1.165, 1.54) is 6.07 Å². The Balaban J connectivity index is 1.63. The van der Waals surface area contributed by atoms with Gasteiger partial charge in [0, 0.05) is 43.2 Å². The van der Waals surface area contributed by atoms with E-state index in [9.17, 15) is 28.3 Å². The molecule has 0 aromatic heterocycles. The number of ether oxygens (including phenoxy) is 1. The number of carbonyl (C=O) groups is 3. The van der Waals surface area contributed by atoms with Crippen LogP contribution in [0.1, 0.15) is 77.8 Å². The number of halogens is 2. The van der Waals surface area contributed by atoms with Crippen molar-refractivity contribution in [2.45, 2.75) is 70.9 Å². The summed E-state index contributed by atoms with van der Waals surface area (Å²) in [5.41, 5.74) is 1.92. The van der Waals surface area contributed by atoms with E-state index < -0.39 is 29.7 Å². The number of hydrogen-bond acceptors (Lipinski definition) is 5. The second-order valence-corrected chi connectivity index (χ2v) is 11.3. The third kappa shape index (κ3) is 11.6. The van der Waals surface area contributed by atoms with Gasteiger partial charge in [0.05, 0.1) is 19.3 Å². The summed E-state index contributed by atoms with van der Waals surface area (Å²) in [5, 5.41) is 16.7. The second-order valence-electron chi connectivity index (χ2n) is 11.3. The highest BCUT2D eigenvalue weighted by molar-refractivity contribution is 5.99. The summed E-state index contributed by atoms with van der Waals surface area (Å²) >= 11 is 0. The lowest BCUT2D eigenvalue weighted by atomic mass is 9.98. The van der Waals surface area contributed by atoms with Crippen molar-refractivity contribution in [3.05, 3.63) is 101 Å². The van der Waals surface area contributed by atoms with Crippen LogP contribution in [0.3, 0.4) is 0 Å². The molecule has 10 heteroatoms. The third-order valence-corrected chi connectivity index (χ3v) is 7.60. The van der Waals surface area contributed by atoms with E-state index in [1.807, 2.05) is 38.1 Å². The van der Waals surface area contributed by atoms with Gasteiger partial charge in [0.25, 0.3) is 11.8 Å². The first-order chi connectivity index (χ1) is 22.1. The van der Waals surface area contributed by atoms with Gasteiger partial charge in [0.15, 0.2) is 0 Å². The molecular weight excluding hydrogens is 592 g/mol. The molecule has 0 saturated carbocycles. The van der Waals surface area contributed by atoms with Crippen LogP contribution in [0.4, 0.5) is 8.78 Å². The van der Waals surface area contributed by atoms with Crippen molar-refractivity contribution >= 4 is 17.7 Å². The Labute approximate surface area is 270 Å². The molecule has 3 aromatic carbocycles. The Morgan fingerprint density at radius 2 is 1.54 bits per heavy atom. The summed E-state index contributed by atoms with van der Waals surface area (Å²) < 4.78 is 33.1. The molecule has 0 spiro atoms. The lowest BCUT2D eigenvalue weighted by molar-refractivity contribution is -0.121. The molecule has 8 nitrogen and oxygen atoms in total. The zero-order valence-electron chi connectivity index (χ0n) is 26.9. The first kappa shape index (κ1) is 36.2. The first-order valence-electron chi connectivity index (χ1n) is 15.9. The maximum atomic E-state index is 14.0. The summed E-state index contributed by atoms with van der Waals surface area (Å²) in [6.45, 7) is 5.32. The molecule has 0 fully saturated rings. The highest BCUT2D eigenvalue weighted by Crippen LogP contribution is 2.16. The molecule has 248 valence electrons. The average molecular weight is 638 g/mol. The topological polar surface area (TPSA) is 108 Å². The number of methoxy groups -OCH3 is 1. The van der Waals surface area contributed by atoms with Crippen LogP contribution in [0.15, 0.2) is 66.7 Å². The van der Waals surface area contributed by atoms with E-state index in [0.29, 0.717) is 31.5 Å². The van der Waals surface area contributed by atoms with Gasteiger partial charge in [-0.2, -0.15) is 0 Å². The number of hydrogen-bond donors (Lipinski definition) is 3. The lowest BCUT2D eigenvalue weighted by Gasteiger charge is -2.25. The maximum absolute atomic E-state index is 14.0. The lowest BCUT2D eigenvalue weighted by Crippen LogP contribution is -2.46. The molecule has 0 bridgehead atoms. The number of nitrogens with zero attached hydrogens (tertiary/aromatic N) is 1. The molecule has 3 rings (SSSR count). The number of rotatable bonds is 18. The van der Waals surface area contributed by atoms with Gasteiger partial charge >= 0.3 is 0 Å². The van der Waals surface area contributed by atoms with E-state index in [2.05, 4.69) is 10.6 Å². The largest absolute Gasteiger partial charge is 0.497 e. The van der Waals surface area contributed by atoms with Crippen LogP contribution in [0.5, 0.6) is 5.75 Å². The molecular formula is C36H45F2N3O5. The molecule has 3 amide bonds. The minimum atomic E-state index is -1.15. The Kier molecular flexibility index (Phi) is 14.6. The first-order valence-corrected chi connectivity index (χ1v) is 15.9. The van der Waals surface area contributed by atoms with Crippen LogP contribution < -0.4 is 15.4 Å². The third-order valence-electron chi connectivity index (χ3n) is 7.60. The number of amides is 3. The Bertz CT molecular complexity index is 1410. The number of aryl methyl sites for hydroxylation is 1. The number of aliphatic hydroxyl groups excluding tert-OH is 1. The summed E-state index contributed by atoms with van der Waals surface area (Å²) in [5.74, 6) is -1.67. The quantitative estimate of drug-likeness (QED) is 0.172. The zero-order chi connectivity index (χ0) is 33.5. The summed E-state index contributed by atoms with van der Waals surface area (Å²) in [6.07, 6.45) is 2.15. The summed E-state index contributed by atoms with van der Waals surface area (Å²) in [7, 11) is 1.60. The summed E-state index contributed by atoms with van der Waals surface area (Å²) in [4.78, 5) is 40.7. The second kappa shape index (κ2) is 18.6. The summed E-state index contributed by atoms with van der Waals surface area (Å²) in [6, 6.07) is 16.1. The van der Waals surface area contributed by atoms with E-state index >= 15 is 0 Å². The molecule has 0 aliphatic rings. The van der Waals surface area contributed by atoms with Crippen molar-refractivity contribution in [3.63, 3.8) is 0 Å². The van der Waals surface area contributed by atoms with Crippen molar-refractivity contribution in [3.8, 4) is 5.75 Å². The molecule has 2 atom stereocenters. The fraction of sp³-hybridized carbons (Fsp3) is 0.417. The normalized spacial score (nSPS) is 12.2. The van der Waals surface area contributed by atoms with Crippen LogP contribution in [0.25, 0.3) is 0 Å². The maximum Gasteiger partial charge on any atom is 0.253 e. The molecule has 3 aromatic rings. The van der Waals surface area contributed by atoms with Crippen LogP contribution in [0.2, 0.25) is 0 Å². The molecule has 0 aliphatic heterocycles. The van der Waals surface area contributed by atoms with E-state index in [-0.39, 0.29) is 42.3 Å². The average Bonchev–Trinajstić information content (AvgIpc) is 3.04. The molecule has 0 aliphatic carbocycles. The molecule has 0 saturated heterocycles. The highest BCUT2D eigenvalue weighted by Gasteiger charge is 2.24. The predicted octanol–water partition coefficient (Wildman–Crippen LogP) is 5.47. The molecule has 0 radical (unpaired) electrons. The number of aliphatic hydroxyl groups is 1. The van der Waals surface area contributed by atoms with Gasteiger partial charge in [0.2, 0.25) is 5.91 Å². The molecule has 46 heavy (non-hydrogen) atoms. The molecule has 3 N–H and O–H groups in total. The van der Waals surface area contributed by atoms with E-state index in [0.717, 1.165) is 48.8 Å². The zero-order valence-corrected chi connectivity index (χ0v) is 26.9. The Morgan fingerprint density at radius 1 is 0.891 bits per heavy atom. The van der Waals surface area contributed by atoms with E-state index in [1.54, 1.807) is 30.2 Å². The van der Waals surface area contributed by atoms with Crippen molar-refractivity contribution < 1.29 is 33.0 Å². The molecule has 0 heterocycles. The van der Waals surface area contributed by atoms with Gasteiger partial charge in [-0.05, 0) is 92.1 Å². The van der Waals surface area contributed by atoms with Crippen molar-refractivity contribution in [1.82, 2.24) is 15.5 Å². The number of carbonyl (C=O) groups excluding carboxylic acids is 3. The Morgan fingerprint density at radius 3 is 2.17 bits per heavy atom. The number of benzene rings is 3. The van der Waals surface area contributed by atoms with Crippen LogP contribution in [-0.2, 0) is 17.6 Å². The van der Waals surface area contributed by atoms with E-state index in [4.69, 9.17) is 4.74 Å². The van der Waals surface area contributed by atoms with Gasteiger partial charge in [-0.25, -0.2) is 8.78 Å². The van der Waals surface area contributed by atoms with Gasteiger partial charge in [-0.15, -0.1) is 0 Å². The fourth-order valence-electron chi connectivity index (χ4n) is 5.24. The van der Waals surface area contributed by atoms with Gasteiger partial charge in [-0.1, -0.05) is 32.0 Å². The smallest absolute Gasteiger partial charge is 0.253 e. The van der Waals surface area contributed by atoms with Gasteiger partial charge < -0.3 is 25.4 Å². The van der Waals surface area contributed by atoms with Crippen molar-refractivity contribution in [2.75, 3.05) is 26.7 Å². The monoisotopic (exact) mass is 637 g/mol. The SMILES string of the molecule is CCCN(CCC)C(=O)c1cccc(C(=O)N[C@@H](Cc2cc(F)cc(F)c2)[C@H](O)CCNC(=O)CCCc2ccc(OC)cc2)c1. The van der Waals surface area contributed by atoms with Crippen molar-refractivity contribution in [1.29, 1.82) is 0 Å². The van der Waals surface area contributed by atoms with Crippen LogP contribution in [-0.4, -0.2) is 66.6 Å². The standard InChI is InChI=1S/C36H45F2N3O5/c1-4-18-41(19-5-2)36(45)28-10-7-9-27(23-28)35(44)40-32(22-26-20-29(37)24-30(38)21-26)33(42)16-17-39-34(43)11-6-8-25-12-14-31(46-3)15-13-25/h7,9-10,12-15,20-21,23-24,32-33,42H,4-6,8,11,16-19,22H2,1-3H3,(H,39,43)(H,40,44)/t32-,33+/m0/s1. The van der Waals surface area contributed by atoms with Crippen molar-refractivity contribution in [2.24, 2.45) is 0 Å². The predicted molar refractivity (Wildman–Crippen MR) is 174 cm³/mol. The minimum Gasteiger partial charge on any atom is -0.497 e. The van der Waals surface area contributed by atoms with Crippen LogP contribution >= 0.6 is 0 Å². The van der Waals surface area contributed by atoms with Gasteiger partial charge in [0.1, 0.15) is 17.4 Å². The minimum absolute atomic E-state index is 0.0587. The highest BCUT2D eigenvalue weighted by atomic mass is 19.1. The number of nitrogens with one attached hydrogen (secondary N) is 2. The fourth-order valence-corrected chi connectivity index (χ4v) is 5.24. The Hall–Kier alpha value is -4.31.